The summed E-state index contributed by atoms with van der Waals surface area (Å²) >= 11 is 2.21. The predicted octanol–water partition coefficient (Wildman–Crippen LogP) is 3.44. The number of nitrogens with zero attached hydrogens (tertiary/aromatic N) is 2. The molecule has 1 heterocycles. The largest absolute Gasteiger partial charge is 0.299 e. The molecule has 3 nitrogen and oxygen atoms in total. The first kappa shape index (κ1) is 13.5. The number of hydrogen-bond acceptors (Lipinski definition) is 2. The fourth-order valence-electron chi connectivity index (χ4n) is 1.75. The molecule has 0 radical (unpaired) electrons. The molecule has 96 valence electrons. The van der Waals surface area contributed by atoms with E-state index in [1.807, 2.05) is 18.2 Å². The van der Waals surface area contributed by atoms with Crippen LogP contribution in [0.1, 0.15) is 27.2 Å². The van der Waals surface area contributed by atoms with Gasteiger partial charge in [0.15, 0.2) is 0 Å². The Kier molecular flexibility index (Phi) is 3.75. The summed E-state index contributed by atoms with van der Waals surface area (Å²) in [5.41, 5.74) is 1.05. The summed E-state index contributed by atoms with van der Waals surface area (Å²) in [6.07, 6.45) is 2.62. The maximum Gasteiger partial charge on any atom is 0.261 e. The van der Waals surface area contributed by atoms with Crippen LogP contribution in [0.5, 0.6) is 0 Å². The first-order chi connectivity index (χ1) is 8.37. The lowest BCUT2D eigenvalue weighted by Crippen LogP contribution is -2.23. The minimum Gasteiger partial charge on any atom is -0.299 e. The van der Waals surface area contributed by atoms with Gasteiger partial charge < -0.3 is 0 Å². The molecule has 0 aliphatic carbocycles. The molecular formula is C14H17IN2O. The molecule has 0 N–H and O–H groups in total. The van der Waals surface area contributed by atoms with Crippen LogP contribution < -0.4 is 5.56 Å². The maximum absolute atomic E-state index is 12.3. The Morgan fingerprint density at radius 1 is 1.33 bits per heavy atom. The van der Waals surface area contributed by atoms with Crippen LogP contribution in [0.2, 0.25) is 0 Å². The third-order valence-electron chi connectivity index (χ3n) is 2.89. The number of halogens is 1. The molecule has 1 aromatic carbocycles. The van der Waals surface area contributed by atoms with Gasteiger partial charge in [0.2, 0.25) is 0 Å². The third kappa shape index (κ3) is 3.10. The Bertz CT molecular complexity index is 626. The van der Waals surface area contributed by atoms with Crippen molar-refractivity contribution >= 4 is 33.5 Å². The molecule has 0 spiro atoms. The summed E-state index contributed by atoms with van der Waals surface area (Å²) in [5.74, 6) is 0. The Labute approximate surface area is 120 Å². The van der Waals surface area contributed by atoms with Crippen molar-refractivity contribution in [1.82, 2.24) is 9.55 Å². The number of aryl methyl sites for hydroxylation is 1. The zero-order chi connectivity index (χ0) is 13.3. The van der Waals surface area contributed by atoms with Crippen molar-refractivity contribution in [3.8, 4) is 0 Å². The van der Waals surface area contributed by atoms with Gasteiger partial charge in [-0.05, 0) is 52.6 Å². The lowest BCUT2D eigenvalue weighted by molar-refractivity contribution is 0.347. The van der Waals surface area contributed by atoms with Crippen LogP contribution in [0.3, 0.4) is 0 Å². The molecule has 2 rings (SSSR count). The molecule has 0 fully saturated rings. The topological polar surface area (TPSA) is 34.9 Å². The third-order valence-corrected chi connectivity index (χ3v) is 3.56. The van der Waals surface area contributed by atoms with Crippen LogP contribution in [0.4, 0.5) is 0 Å². The van der Waals surface area contributed by atoms with E-state index < -0.39 is 0 Å². The van der Waals surface area contributed by atoms with Gasteiger partial charge in [-0.3, -0.25) is 9.36 Å². The van der Waals surface area contributed by atoms with E-state index in [-0.39, 0.29) is 11.0 Å². The van der Waals surface area contributed by atoms with E-state index in [2.05, 4.69) is 48.3 Å². The average molecular weight is 356 g/mol. The zero-order valence-electron chi connectivity index (χ0n) is 10.9. The summed E-state index contributed by atoms with van der Waals surface area (Å²) < 4.78 is 2.77. The lowest BCUT2D eigenvalue weighted by Gasteiger charge is -2.18. The van der Waals surface area contributed by atoms with Gasteiger partial charge in [0, 0.05) is 10.1 Å². The van der Waals surface area contributed by atoms with Crippen molar-refractivity contribution in [2.75, 3.05) is 0 Å². The molecule has 0 saturated heterocycles. The number of fused-ring (bicyclic) bond motifs is 1. The van der Waals surface area contributed by atoms with Crippen molar-refractivity contribution in [3.63, 3.8) is 0 Å². The quantitative estimate of drug-likeness (QED) is 0.773. The first-order valence-corrected chi connectivity index (χ1v) is 7.09. The number of hydrogen-bond donors (Lipinski definition) is 0. The highest BCUT2D eigenvalue weighted by Gasteiger charge is 2.11. The minimum atomic E-state index is 0.0581. The second kappa shape index (κ2) is 4.99. The lowest BCUT2D eigenvalue weighted by atomic mass is 9.92. The smallest absolute Gasteiger partial charge is 0.261 e. The van der Waals surface area contributed by atoms with E-state index in [0.717, 1.165) is 22.1 Å². The fraction of sp³-hybridized carbons (Fsp3) is 0.429. The molecule has 0 amide bonds. The van der Waals surface area contributed by atoms with E-state index in [0.29, 0.717) is 5.39 Å². The van der Waals surface area contributed by atoms with Gasteiger partial charge in [-0.1, -0.05) is 20.8 Å². The van der Waals surface area contributed by atoms with Crippen LogP contribution >= 0.6 is 22.6 Å². The monoisotopic (exact) mass is 356 g/mol. The van der Waals surface area contributed by atoms with Crippen LogP contribution in [0.25, 0.3) is 10.9 Å². The van der Waals surface area contributed by atoms with E-state index >= 15 is 0 Å². The van der Waals surface area contributed by atoms with Crippen molar-refractivity contribution in [3.05, 3.63) is 38.5 Å². The van der Waals surface area contributed by atoms with Crippen LogP contribution in [-0.4, -0.2) is 9.55 Å². The molecule has 0 aliphatic rings. The van der Waals surface area contributed by atoms with Crippen molar-refractivity contribution in [2.24, 2.45) is 5.41 Å². The second-order valence-corrected chi connectivity index (χ2v) is 6.96. The molecule has 2 aromatic rings. The summed E-state index contributed by atoms with van der Waals surface area (Å²) in [7, 11) is 0. The van der Waals surface area contributed by atoms with Gasteiger partial charge in [0.1, 0.15) is 0 Å². The molecule has 0 atom stereocenters. The Hall–Kier alpha value is -0.910. The van der Waals surface area contributed by atoms with Crippen LogP contribution in [0, 0.1) is 8.99 Å². The minimum absolute atomic E-state index is 0.0581. The first-order valence-electron chi connectivity index (χ1n) is 6.01. The molecule has 1 aromatic heterocycles. The molecule has 0 unspecified atom stereocenters. The number of aromatic nitrogens is 2. The number of benzene rings is 1. The van der Waals surface area contributed by atoms with Gasteiger partial charge >= 0.3 is 0 Å². The van der Waals surface area contributed by atoms with Crippen LogP contribution in [-0.2, 0) is 6.54 Å². The second-order valence-electron chi connectivity index (χ2n) is 5.72. The molecule has 0 bridgehead atoms. The summed E-state index contributed by atoms with van der Waals surface area (Å²) in [4.78, 5) is 16.7. The molecule has 0 saturated carbocycles. The SMILES string of the molecule is CC(C)(C)CCn1cnc2ccc(I)cc2c1=O. The van der Waals surface area contributed by atoms with Crippen LogP contribution in [0.15, 0.2) is 29.3 Å². The van der Waals surface area contributed by atoms with Crippen molar-refractivity contribution in [1.29, 1.82) is 0 Å². The van der Waals surface area contributed by atoms with Gasteiger partial charge in [-0.2, -0.15) is 0 Å². The molecule has 18 heavy (non-hydrogen) atoms. The predicted molar refractivity (Wildman–Crippen MR) is 82.8 cm³/mol. The number of rotatable bonds is 2. The highest BCUT2D eigenvalue weighted by Crippen LogP contribution is 2.19. The van der Waals surface area contributed by atoms with E-state index in [4.69, 9.17) is 0 Å². The highest BCUT2D eigenvalue weighted by atomic mass is 127. The van der Waals surface area contributed by atoms with Crippen molar-refractivity contribution in [2.45, 2.75) is 33.7 Å². The summed E-state index contributed by atoms with van der Waals surface area (Å²) in [6.45, 7) is 7.25. The molecule has 0 aliphatic heterocycles. The van der Waals surface area contributed by atoms with Gasteiger partial charge in [0.25, 0.3) is 5.56 Å². The summed E-state index contributed by atoms with van der Waals surface area (Å²) in [6, 6.07) is 5.76. The zero-order valence-corrected chi connectivity index (χ0v) is 13.1. The normalized spacial score (nSPS) is 12.0. The van der Waals surface area contributed by atoms with Gasteiger partial charge in [-0.15, -0.1) is 0 Å². The van der Waals surface area contributed by atoms with Crippen molar-refractivity contribution < 1.29 is 0 Å². The highest BCUT2D eigenvalue weighted by molar-refractivity contribution is 14.1. The maximum atomic E-state index is 12.3. The van der Waals surface area contributed by atoms with E-state index in [1.54, 1.807) is 10.9 Å². The Balaban J connectivity index is 2.41. The van der Waals surface area contributed by atoms with Gasteiger partial charge in [-0.25, -0.2) is 4.98 Å². The molecule has 4 heteroatoms. The molecular weight excluding hydrogens is 339 g/mol. The Morgan fingerprint density at radius 3 is 2.72 bits per heavy atom. The standard InChI is InChI=1S/C14H17IN2O/c1-14(2,3)6-7-17-9-16-12-5-4-10(15)8-11(12)13(17)18/h4-5,8-9H,6-7H2,1-3H3. The fourth-order valence-corrected chi connectivity index (χ4v) is 2.24. The Morgan fingerprint density at radius 2 is 2.06 bits per heavy atom. The van der Waals surface area contributed by atoms with E-state index in [9.17, 15) is 4.79 Å². The van der Waals surface area contributed by atoms with Gasteiger partial charge in [0.05, 0.1) is 17.2 Å². The van der Waals surface area contributed by atoms with E-state index in [1.165, 1.54) is 0 Å². The average Bonchev–Trinajstić information content (AvgIpc) is 2.28. The summed E-state index contributed by atoms with van der Waals surface area (Å²) in [5, 5.41) is 0.707.